The third kappa shape index (κ3) is 2.90. The number of nitro benzene ring substituents is 1. The van der Waals surface area contributed by atoms with Crippen LogP contribution in [-0.4, -0.2) is 52.9 Å². The van der Waals surface area contributed by atoms with E-state index < -0.39 is 0 Å². The molecule has 0 saturated carbocycles. The van der Waals surface area contributed by atoms with Gasteiger partial charge in [0.1, 0.15) is 11.7 Å². The molecule has 0 N–H and O–H groups in total. The van der Waals surface area contributed by atoms with Crippen LogP contribution in [0.15, 0.2) is 24.3 Å². The van der Waals surface area contributed by atoms with Gasteiger partial charge in [0, 0.05) is 37.2 Å². The van der Waals surface area contributed by atoms with E-state index in [0.29, 0.717) is 12.2 Å². The van der Waals surface area contributed by atoms with Crippen LogP contribution in [0.1, 0.15) is 12.8 Å². The summed E-state index contributed by atoms with van der Waals surface area (Å²) < 4.78 is 0. The minimum absolute atomic E-state index is 0.0800. The Labute approximate surface area is 133 Å². The van der Waals surface area contributed by atoms with Crippen molar-refractivity contribution >= 4 is 29.0 Å². The van der Waals surface area contributed by atoms with Gasteiger partial charge in [-0.05, 0) is 18.9 Å². The molecule has 0 radical (unpaired) electrons. The third-order valence-electron chi connectivity index (χ3n) is 4.25. The monoisotopic (exact) mass is 321 g/mol. The summed E-state index contributed by atoms with van der Waals surface area (Å²) in [5.41, 5.74) is 0.645. The number of para-hydroxylation sites is 2. The molecule has 0 aliphatic carbocycles. The molecule has 2 aliphatic rings. The fraction of sp³-hybridized carbons (Fsp3) is 0.533. The van der Waals surface area contributed by atoms with Gasteiger partial charge in [0.2, 0.25) is 5.91 Å². The van der Waals surface area contributed by atoms with Gasteiger partial charge in [-0.25, -0.2) is 0 Å². The van der Waals surface area contributed by atoms with Crippen LogP contribution in [-0.2, 0) is 4.79 Å². The topological polar surface area (TPSA) is 66.7 Å². The van der Waals surface area contributed by atoms with E-state index in [9.17, 15) is 14.9 Å². The molecule has 22 heavy (non-hydrogen) atoms. The summed E-state index contributed by atoms with van der Waals surface area (Å²) in [6.07, 6.45) is 1.67. The second-order valence-electron chi connectivity index (χ2n) is 5.53. The molecule has 2 aliphatic heterocycles. The van der Waals surface area contributed by atoms with Crippen molar-refractivity contribution in [3.63, 3.8) is 0 Å². The highest BCUT2D eigenvalue weighted by atomic mass is 32.2. The van der Waals surface area contributed by atoms with Crippen LogP contribution < -0.4 is 4.90 Å². The number of nitrogens with zero attached hydrogens (tertiary/aromatic N) is 3. The molecule has 0 spiro atoms. The number of thioether (sulfide) groups is 1. The first kappa shape index (κ1) is 15.1. The number of anilines is 1. The molecule has 2 fully saturated rings. The number of hydrogen-bond donors (Lipinski definition) is 0. The van der Waals surface area contributed by atoms with Crippen molar-refractivity contribution in [2.45, 2.75) is 18.9 Å². The predicted molar refractivity (Wildman–Crippen MR) is 87.4 cm³/mol. The Balaban J connectivity index is 1.84. The van der Waals surface area contributed by atoms with Crippen LogP contribution in [0.5, 0.6) is 0 Å². The van der Waals surface area contributed by atoms with Crippen LogP contribution >= 0.6 is 11.8 Å². The standard InChI is InChI=1S/C15H19N3O3S/c19-15(16-8-10-22-11-9-16)14-6-3-7-17(14)12-4-1-2-5-13(12)18(20)21/h1-2,4-5,14H,3,6-11H2. The van der Waals surface area contributed by atoms with Crippen molar-refractivity contribution < 1.29 is 9.72 Å². The summed E-state index contributed by atoms with van der Waals surface area (Å²) in [6.45, 7) is 2.26. The predicted octanol–water partition coefficient (Wildman–Crippen LogP) is 2.14. The number of carbonyl (C=O) groups is 1. The van der Waals surface area contributed by atoms with Crippen molar-refractivity contribution in [3.8, 4) is 0 Å². The van der Waals surface area contributed by atoms with Gasteiger partial charge in [0.05, 0.1) is 4.92 Å². The Morgan fingerprint density at radius 3 is 2.68 bits per heavy atom. The molecule has 1 unspecified atom stereocenters. The lowest BCUT2D eigenvalue weighted by Crippen LogP contribution is -2.48. The maximum absolute atomic E-state index is 12.8. The lowest BCUT2D eigenvalue weighted by atomic mass is 10.1. The third-order valence-corrected chi connectivity index (χ3v) is 5.19. The van der Waals surface area contributed by atoms with E-state index in [1.54, 1.807) is 18.2 Å². The van der Waals surface area contributed by atoms with E-state index >= 15 is 0 Å². The molecule has 0 aromatic heterocycles. The van der Waals surface area contributed by atoms with Gasteiger partial charge in [-0.1, -0.05) is 12.1 Å². The number of amides is 1. The molecule has 2 saturated heterocycles. The molecule has 1 atom stereocenters. The molecule has 1 aromatic carbocycles. The van der Waals surface area contributed by atoms with Gasteiger partial charge in [-0.15, -0.1) is 0 Å². The summed E-state index contributed by atoms with van der Waals surface area (Å²) in [4.78, 5) is 27.5. The van der Waals surface area contributed by atoms with Crippen LogP contribution in [0.25, 0.3) is 0 Å². The molecular weight excluding hydrogens is 302 g/mol. The number of benzene rings is 1. The summed E-state index contributed by atoms with van der Waals surface area (Å²) >= 11 is 1.87. The molecule has 3 rings (SSSR count). The second kappa shape index (κ2) is 6.56. The van der Waals surface area contributed by atoms with E-state index in [-0.39, 0.29) is 22.6 Å². The smallest absolute Gasteiger partial charge is 0.292 e. The Hall–Kier alpha value is -1.76. The van der Waals surface area contributed by atoms with Crippen LogP contribution in [0.2, 0.25) is 0 Å². The van der Waals surface area contributed by atoms with Crippen molar-refractivity contribution in [3.05, 3.63) is 34.4 Å². The molecule has 118 valence electrons. The second-order valence-corrected chi connectivity index (χ2v) is 6.76. The maximum atomic E-state index is 12.8. The minimum atomic E-state index is -0.368. The van der Waals surface area contributed by atoms with Crippen LogP contribution in [0.4, 0.5) is 11.4 Å². The average Bonchev–Trinajstić information content (AvgIpc) is 3.04. The van der Waals surface area contributed by atoms with Gasteiger partial charge in [-0.2, -0.15) is 11.8 Å². The largest absolute Gasteiger partial charge is 0.354 e. The first-order valence-electron chi connectivity index (χ1n) is 7.55. The number of hydrogen-bond acceptors (Lipinski definition) is 5. The zero-order valence-electron chi connectivity index (χ0n) is 12.3. The number of carbonyl (C=O) groups excluding carboxylic acids is 1. The van der Waals surface area contributed by atoms with Crippen LogP contribution in [0.3, 0.4) is 0 Å². The number of rotatable bonds is 3. The lowest BCUT2D eigenvalue weighted by molar-refractivity contribution is -0.384. The van der Waals surface area contributed by atoms with Crippen molar-refractivity contribution in [2.24, 2.45) is 0 Å². The summed E-state index contributed by atoms with van der Waals surface area (Å²) in [5, 5.41) is 11.2. The summed E-state index contributed by atoms with van der Waals surface area (Å²) in [7, 11) is 0. The maximum Gasteiger partial charge on any atom is 0.292 e. The highest BCUT2D eigenvalue weighted by Gasteiger charge is 2.36. The normalized spacial score (nSPS) is 21.9. The average molecular weight is 321 g/mol. The fourth-order valence-corrected chi connectivity index (χ4v) is 4.07. The van der Waals surface area contributed by atoms with Gasteiger partial charge in [-0.3, -0.25) is 14.9 Å². The van der Waals surface area contributed by atoms with E-state index in [4.69, 9.17) is 0 Å². The summed E-state index contributed by atoms with van der Waals surface area (Å²) in [5.74, 6) is 2.07. The zero-order valence-corrected chi connectivity index (χ0v) is 13.1. The van der Waals surface area contributed by atoms with Gasteiger partial charge in [0.25, 0.3) is 5.69 Å². The first-order valence-corrected chi connectivity index (χ1v) is 8.70. The van der Waals surface area contributed by atoms with Crippen LogP contribution in [0, 0.1) is 10.1 Å². The van der Waals surface area contributed by atoms with Gasteiger partial charge >= 0.3 is 0 Å². The van der Waals surface area contributed by atoms with Crippen molar-refractivity contribution in [2.75, 3.05) is 36.0 Å². The van der Waals surface area contributed by atoms with Crippen molar-refractivity contribution in [1.82, 2.24) is 4.90 Å². The molecule has 1 amide bonds. The molecule has 6 nitrogen and oxygen atoms in total. The summed E-state index contributed by atoms with van der Waals surface area (Å²) in [6, 6.07) is 6.45. The quantitative estimate of drug-likeness (QED) is 0.630. The Morgan fingerprint density at radius 2 is 1.95 bits per heavy atom. The van der Waals surface area contributed by atoms with Crippen molar-refractivity contribution in [1.29, 1.82) is 0 Å². The molecule has 7 heteroatoms. The Kier molecular flexibility index (Phi) is 4.52. The SMILES string of the molecule is O=C(C1CCCN1c1ccccc1[N+](=O)[O-])N1CCSCC1. The highest BCUT2D eigenvalue weighted by molar-refractivity contribution is 7.99. The lowest BCUT2D eigenvalue weighted by Gasteiger charge is -2.33. The van der Waals surface area contributed by atoms with E-state index in [0.717, 1.165) is 37.4 Å². The minimum Gasteiger partial charge on any atom is -0.354 e. The van der Waals surface area contributed by atoms with E-state index in [1.807, 2.05) is 21.6 Å². The molecule has 2 heterocycles. The molecular formula is C15H19N3O3S. The Morgan fingerprint density at radius 1 is 1.23 bits per heavy atom. The zero-order chi connectivity index (χ0) is 15.5. The van der Waals surface area contributed by atoms with E-state index in [2.05, 4.69) is 0 Å². The fourth-order valence-electron chi connectivity index (χ4n) is 3.17. The highest BCUT2D eigenvalue weighted by Crippen LogP contribution is 2.34. The van der Waals surface area contributed by atoms with Gasteiger partial charge in [0.15, 0.2) is 0 Å². The van der Waals surface area contributed by atoms with E-state index in [1.165, 1.54) is 6.07 Å². The molecule has 1 aromatic rings. The first-order chi connectivity index (χ1) is 10.7. The Bertz CT molecular complexity index is 575. The number of nitro groups is 1. The van der Waals surface area contributed by atoms with Gasteiger partial charge < -0.3 is 9.80 Å². The molecule has 0 bridgehead atoms.